The van der Waals surface area contributed by atoms with Crippen molar-refractivity contribution in [3.63, 3.8) is 0 Å². The van der Waals surface area contributed by atoms with Crippen LogP contribution in [0, 0.1) is 11.3 Å². The SMILES string of the molecule is CC1(O)CCN(CCCOc2cccc(C#N)c2)C1. The maximum Gasteiger partial charge on any atom is 0.120 e. The van der Waals surface area contributed by atoms with Gasteiger partial charge in [0.2, 0.25) is 0 Å². The van der Waals surface area contributed by atoms with Crippen LogP contribution in [0.25, 0.3) is 0 Å². The van der Waals surface area contributed by atoms with Gasteiger partial charge in [0.15, 0.2) is 0 Å². The van der Waals surface area contributed by atoms with Crippen molar-refractivity contribution in [3.8, 4) is 11.8 Å². The Morgan fingerprint density at radius 3 is 3.05 bits per heavy atom. The van der Waals surface area contributed by atoms with Crippen LogP contribution in [-0.4, -0.2) is 41.8 Å². The lowest BCUT2D eigenvalue weighted by atomic mass is 10.1. The second-order valence-electron chi connectivity index (χ2n) is 5.36. The largest absolute Gasteiger partial charge is 0.494 e. The molecule has 1 unspecified atom stereocenters. The van der Waals surface area contributed by atoms with E-state index in [1.165, 1.54) is 0 Å². The average Bonchev–Trinajstić information content (AvgIpc) is 2.74. The predicted molar refractivity (Wildman–Crippen MR) is 72.9 cm³/mol. The highest BCUT2D eigenvalue weighted by Gasteiger charge is 2.30. The van der Waals surface area contributed by atoms with Crippen molar-refractivity contribution in [2.24, 2.45) is 0 Å². The molecule has 1 aromatic rings. The fourth-order valence-electron chi connectivity index (χ4n) is 2.36. The van der Waals surface area contributed by atoms with E-state index in [1.54, 1.807) is 12.1 Å². The van der Waals surface area contributed by atoms with Crippen LogP contribution in [0.3, 0.4) is 0 Å². The lowest BCUT2D eigenvalue weighted by Gasteiger charge is -2.18. The van der Waals surface area contributed by atoms with E-state index >= 15 is 0 Å². The van der Waals surface area contributed by atoms with Crippen LogP contribution in [0.5, 0.6) is 5.75 Å². The molecule has 102 valence electrons. The van der Waals surface area contributed by atoms with Crippen molar-refractivity contribution < 1.29 is 9.84 Å². The molecule has 1 aliphatic rings. The summed E-state index contributed by atoms with van der Waals surface area (Å²) in [5, 5.41) is 18.6. The number of hydrogen-bond acceptors (Lipinski definition) is 4. The molecule has 1 N–H and O–H groups in total. The van der Waals surface area contributed by atoms with E-state index in [1.807, 2.05) is 19.1 Å². The number of hydrogen-bond donors (Lipinski definition) is 1. The van der Waals surface area contributed by atoms with E-state index < -0.39 is 5.60 Å². The third kappa shape index (κ3) is 4.23. The van der Waals surface area contributed by atoms with Crippen LogP contribution in [-0.2, 0) is 0 Å². The number of ether oxygens (including phenoxy) is 1. The first-order valence-corrected chi connectivity index (χ1v) is 6.67. The third-order valence-electron chi connectivity index (χ3n) is 3.38. The monoisotopic (exact) mass is 260 g/mol. The number of nitriles is 1. The molecule has 0 spiro atoms. The number of rotatable bonds is 5. The van der Waals surface area contributed by atoms with Crippen LogP contribution in [0.15, 0.2) is 24.3 Å². The van der Waals surface area contributed by atoms with Crippen LogP contribution >= 0.6 is 0 Å². The molecule has 0 aromatic heterocycles. The quantitative estimate of drug-likeness (QED) is 0.820. The van der Waals surface area contributed by atoms with Gasteiger partial charge in [-0.2, -0.15) is 5.26 Å². The van der Waals surface area contributed by atoms with E-state index in [2.05, 4.69) is 11.0 Å². The lowest BCUT2D eigenvalue weighted by molar-refractivity contribution is 0.0681. The van der Waals surface area contributed by atoms with E-state index in [-0.39, 0.29) is 0 Å². The Labute approximate surface area is 114 Å². The van der Waals surface area contributed by atoms with Crippen molar-refractivity contribution in [2.45, 2.75) is 25.4 Å². The summed E-state index contributed by atoms with van der Waals surface area (Å²) >= 11 is 0. The predicted octanol–water partition coefficient (Wildman–Crippen LogP) is 1.78. The van der Waals surface area contributed by atoms with Gasteiger partial charge in [-0.05, 0) is 38.0 Å². The number of aliphatic hydroxyl groups is 1. The molecule has 0 bridgehead atoms. The molecular formula is C15H20N2O2. The third-order valence-corrected chi connectivity index (χ3v) is 3.38. The molecule has 1 heterocycles. The zero-order valence-electron chi connectivity index (χ0n) is 11.3. The summed E-state index contributed by atoms with van der Waals surface area (Å²) < 4.78 is 5.62. The van der Waals surface area contributed by atoms with Crippen LogP contribution < -0.4 is 4.74 Å². The van der Waals surface area contributed by atoms with Gasteiger partial charge in [0.25, 0.3) is 0 Å². The van der Waals surface area contributed by atoms with Crippen LogP contribution in [0.1, 0.15) is 25.3 Å². The summed E-state index contributed by atoms with van der Waals surface area (Å²) in [5.74, 6) is 0.743. The van der Waals surface area contributed by atoms with Crippen LogP contribution in [0.4, 0.5) is 0 Å². The first kappa shape index (κ1) is 13.9. The van der Waals surface area contributed by atoms with Crippen molar-refractivity contribution in [2.75, 3.05) is 26.2 Å². The Morgan fingerprint density at radius 2 is 2.37 bits per heavy atom. The average molecular weight is 260 g/mol. The number of nitrogens with zero attached hydrogens (tertiary/aromatic N) is 2. The summed E-state index contributed by atoms with van der Waals surface area (Å²) in [6.45, 7) is 5.16. The van der Waals surface area contributed by atoms with Crippen molar-refractivity contribution >= 4 is 0 Å². The Kier molecular flexibility index (Phi) is 4.41. The van der Waals surface area contributed by atoms with Gasteiger partial charge in [-0.3, -0.25) is 0 Å². The maximum atomic E-state index is 9.85. The standard InChI is InChI=1S/C15H20N2O2/c1-15(18)6-8-17(12-15)7-3-9-19-14-5-2-4-13(10-14)11-16/h2,4-5,10,18H,3,6-9,12H2,1H3. The molecule has 0 saturated carbocycles. The van der Waals surface area contributed by atoms with E-state index in [4.69, 9.17) is 10.00 Å². The lowest BCUT2D eigenvalue weighted by Crippen LogP contribution is -2.30. The second-order valence-corrected chi connectivity index (χ2v) is 5.36. The summed E-state index contributed by atoms with van der Waals surface area (Å²) in [7, 11) is 0. The second kappa shape index (κ2) is 6.05. The van der Waals surface area contributed by atoms with Crippen LogP contribution in [0.2, 0.25) is 0 Å². The summed E-state index contributed by atoms with van der Waals surface area (Å²) in [6.07, 6.45) is 1.77. The smallest absolute Gasteiger partial charge is 0.120 e. The van der Waals surface area contributed by atoms with Crippen molar-refractivity contribution in [1.82, 2.24) is 4.90 Å². The number of benzene rings is 1. The maximum absolute atomic E-state index is 9.85. The van der Waals surface area contributed by atoms with Gasteiger partial charge < -0.3 is 14.7 Å². The molecule has 1 aromatic carbocycles. The molecule has 0 aliphatic carbocycles. The zero-order chi connectivity index (χ0) is 13.7. The molecular weight excluding hydrogens is 240 g/mol. The van der Waals surface area contributed by atoms with Gasteiger partial charge in [-0.25, -0.2) is 0 Å². The Bertz CT molecular complexity index is 465. The van der Waals surface area contributed by atoms with Gasteiger partial charge >= 0.3 is 0 Å². The van der Waals surface area contributed by atoms with E-state index in [9.17, 15) is 5.11 Å². The van der Waals surface area contributed by atoms with E-state index in [0.717, 1.165) is 38.2 Å². The fraction of sp³-hybridized carbons (Fsp3) is 0.533. The van der Waals surface area contributed by atoms with Crippen molar-refractivity contribution in [3.05, 3.63) is 29.8 Å². The minimum atomic E-state index is -0.526. The number of likely N-dealkylation sites (tertiary alicyclic amines) is 1. The molecule has 0 radical (unpaired) electrons. The zero-order valence-corrected chi connectivity index (χ0v) is 11.3. The molecule has 19 heavy (non-hydrogen) atoms. The molecule has 1 aliphatic heterocycles. The molecule has 4 nitrogen and oxygen atoms in total. The Morgan fingerprint density at radius 1 is 1.53 bits per heavy atom. The van der Waals surface area contributed by atoms with Crippen molar-refractivity contribution in [1.29, 1.82) is 5.26 Å². The minimum absolute atomic E-state index is 0.526. The Balaban J connectivity index is 1.68. The Hall–Kier alpha value is -1.57. The molecule has 2 rings (SSSR count). The normalized spacial score (nSPS) is 23.2. The highest BCUT2D eigenvalue weighted by atomic mass is 16.5. The topological polar surface area (TPSA) is 56.5 Å². The molecule has 1 saturated heterocycles. The van der Waals surface area contributed by atoms with Gasteiger partial charge in [0.1, 0.15) is 5.75 Å². The summed E-state index contributed by atoms with van der Waals surface area (Å²) in [5.41, 5.74) is 0.0928. The van der Waals surface area contributed by atoms with E-state index in [0.29, 0.717) is 12.2 Å². The summed E-state index contributed by atoms with van der Waals surface area (Å²) in [4.78, 5) is 2.26. The molecule has 4 heteroatoms. The van der Waals surface area contributed by atoms with Gasteiger partial charge in [-0.1, -0.05) is 6.07 Å². The molecule has 0 amide bonds. The fourth-order valence-corrected chi connectivity index (χ4v) is 2.36. The van der Waals surface area contributed by atoms with Gasteiger partial charge in [-0.15, -0.1) is 0 Å². The summed E-state index contributed by atoms with van der Waals surface area (Å²) in [6, 6.07) is 9.30. The minimum Gasteiger partial charge on any atom is -0.494 e. The molecule has 1 fully saturated rings. The first-order chi connectivity index (χ1) is 9.09. The highest BCUT2D eigenvalue weighted by Crippen LogP contribution is 2.20. The molecule has 1 atom stereocenters. The first-order valence-electron chi connectivity index (χ1n) is 6.67. The van der Waals surface area contributed by atoms with Gasteiger partial charge in [0.05, 0.1) is 23.8 Å². The van der Waals surface area contributed by atoms with Gasteiger partial charge in [0, 0.05) is 19.6 Å². The highest BCUT2D eigenvalue weighted by molar-refractivity contribution is 5.36. The number of β-amino-alcohol motifs (C(OH)–C–C–N with tert-alkyl or cyclic N) is 1.